The van der Waals surface area contributed by atoms with Crippen LogP contribution in [0.15, 0.2) is 42.5 Å². The van der Waals surface area contributed by atoms with E-state index in [1.807, 2.05) is 0 Å². The van der Waals surface area contributed by atoms with E-state index in [4.69, 9.17) is 4.74 Å². The molecule has 11 heteroatoms. The highest BCUT2D eigenvalue weighted by Crippen LogP contribution is 2.36. The zero-order valence-corrected chi connectivity index (χ0v) is 19.9. The molecule has 1 aliphatic heterocycles. The normalized spacial score (nSPS) is 17.2. The fourth-order valence-corrected chi connectivity index (χ4v) is 5.56. The molecule has 2 aromatic carbocycles. The van der Waals surface area contributed by atoms with Crippen LogP contribution in [0.3, 0.4) is 0 Å². The van der Waals surface area contributed by atoms with E-state index in [-0.39, 0.29) is 43.3 Å². The average molecular weight is 496 g/mol. The molecule has 9 nitrogen and oxygen atoms in total. The maximum atomic E-state index is 14.1. The van der Waals surface area contributed by atoms with Crippen LogP contribution in [0.1, 0.15) is 35.7 Å². The fourth-order valence-electron chi connectivity index (χ4n) is 4.16. The van der Waals surface area contributed by atoms with Gasteiger partial charge in [-0.05, 0) is 49.6 Å². The monoisotopic (exact) mass is 495 g/mol. The Hall–Kier alpha value is -2.73. The number of phenols is 1. The Morgan fingerprint density at radius 1 is 1.24 bits per heavy atom. The first-order chi connectivity index (χ1) is 16.1. The van der Waals surface area contributed by atoms with Crippen molar-refractivity contribution in [1.29, 1.82) is 0 Å². The molecule has 0 aromatic heterocycles. The Labute approximate surface area is 198 Å². The first kappa shape index (κ1) is 25.9. The van der Waals surface area contributed by atoms with Crippen LogP contribution in [0, 0.1) is 5.82 Å². The van der Waals surface area contributed by atoms with Crippen LogP contribution in [-0.2, 0) is 15.6 Å². The Morgan fingerprint density at radius 3 is 2.53 bits per heavy atom. The Morgan fingerprint density at radius 2 is 1.91 bits per heavy atom. The number of carbonyl (C=O) groups excluding carboxylic acids is 1. The third-order valence-corrected chi connectivity index (χ3v) is 7.86. The summed E-state index contributed by atoms with van der Waals surface area (Å²) in [6.07, 6.45) is 0.645. The largest absolute Gasteiger partial charge is 0.507 e. The molecule has 4 N–H and O–H groups in total. The lowest BCUT2D eigenvalue weighted by molar-refractivity contribution is 0.0927. The van der Waals surface area contributed by atoms with Gasteiger partial charge in [-0.3, -0.25) is 4.79 Å². The van der Waals surface area contributed by atoms with E-state index < -0.39 is 33.4 Å². The molecule has 0 spiro atoms. The summed E-state index contributed by atoms with van der Waals surface area (Å²) in [6.45, 7) is 1.60. The Bertz CT molecular complexity index is 1120. The highest BCUT2D eigenvalue weighted by molar-refractivity contribution is 7.87. The van der Waals surface area contributed by atoms with Gasteiger partial charge in [0.1, 0.15) is 22.9 Å². The summed E-state index contributed by atoms with van der Waals surface area (Å²) in [5, 5.41) is 22.2. The second kappa shape index (κ2) is 10.7. The van der Waals surface area contributed by atoms with Gasteiger partial charge in [-0.2, -0.15) is 17.4 Å². The van der Waals surface area contributed by atoms with Gasteiger partial charge in [-0.25, -0.2) is 4.39 Å². The zero-order valence-electron chi connectivity index (χ0n) is 19.1. The highest BCUT2D eigenvalue weighted by atomic mass is 32.2. The average Bonchev–Trinajstić information content (AvgIpc) is 2.82. The summed E-state index contributed by atoms with van der Waals surface area (Å²) in [5.41, 5.74) is -0.100. The van der Waals surface area contributed by atoms with Gasteiger partial charge in [0, 0.05) is 31.1 Å². The minimum absolute atomic E-state index is 0.0124. The summed E-state index contributed by atoms with van der Waals surface area (Å²) in [7, 11) is -2.42. The number of halogens is 1. The number of amides is 1. The van der Waals surface area contributed by atoms with Crippen LogP contribution >= 0.6 is 0 Å². The van der Waals surface area contributed by atoms with Crippen molar-refractivity contribution in [2.45, 2.75) is 31.2 Å². The SMILES string of the molecule is COc1cccc(O)c1C(=O)NCC1(c2cccc(F)c2)CCN(S(=O)(=O)NC(C)CO)CC1. The number of aliphatic hydroxyl groups is 1. The second-order valence-electron chi connectivity index (χ2n) is 8.43. The molecule has 186 valence electrons. The lowest BCUT2D eigenvalue weighted by Crippen LogP contribution is -2.53. The molecule has 0 saturated carbocycles. The number of ether oxygens (including phenoxy) is 1. The number of methoxy groups -OCH3 is 1. The molecule has 2 aromatic rings. The van der Waals surface area contributed by atoms with Gasteiger partial charge >= 0.3 is 0 Å². The van der Waals surface area contributed by atoms with Crippen molar-refractivity contribution in [2.24, 2.45) is 0 Å². The maximum Gasteiger partial charge on any atom is 0.279 e. The molecule has 1 unspecified atom stereocenters. The van der Waals surface area contributed by atoms with Crippen LogP contribution in [0.25, 0.3) is 0 Å². The molecule has 1 heterocycles. The van der Waals surface area contributed by atoms with E-state index in [1.54, 1.807) is 31.2 Å². The lowest BCUT2D eigenvalue weighted by Gasteiger charge is -2.42. The van der Waals surface area contributed by atoms with Crippen molar-refractivity contribution in [3.05, 3.63) is 59.4 Å². The van der Waals surface area contributed by atoms with Gasteiger partial charge in [0.05, 0.1) is 13.7 Å². The van der Waals surface area contributed by atoms with E-state index in [9.17, 15) is 27.8 Å². The quantitative estimate of drug-likeness (QED) is 0.418. The number of nitrogens with one attached hydrogen (secondary N) is 2. The molecule has 1 atom stereocenters. The summed E-state index contributed by atoms with van der Waals surface area (Å²) in [4.78, 5) is 12.9. The van der Waals surface area contributed by atoms with Gasteiger partial charge in [-0.1, -0.05) is 18.2 Å². The van der Waals surface area contributed by atoms with Gasteiger partial charge in [0.2, 0.25) is 0 Å². The fraction of sp³-hybridized carbons (Fsp3) is 0.435. The van der Waals surface area contributed by atoms with Gasteiger partial charge in [0.25, 0.3) is 16.1 Å². The molecule has 1 aliphatic rings. The van der Waals surface area contributed by atoms with Crippen LogP contribution in [0.4, 0.5) is 4.39 Å². The zero-order chi connectivity index (χ0) is 24.9. The van der Waals surface area contributed by atoms with Gasteiger partial charge in [-0.15, -0.1) is 0 Å². The maximum absolute atomic E-state index is 14.1. The predicted octanol–water partition coefficient (Wildman–Crippen LogP) is 1.52. The van der Waals surface area contributed by atoms with E-state index in [0.717, 1.165) is 0 Å². The summed E-state index contributed by atoms with van der Waals surface area (Å²) >= 11 is 0. The Balaban J connectivity index is 1.83. The number of phenolic OH excluding ortho intramolecular Hbond substituents is 1. The number of rotatable bonds is 9. The summed E-state index contributed by atoms with van der Waals surface area (Å²) in [5.74, 6) is -1.01. The lowest BCUT2D eigenvalue weighted by atomic mass is 9.73. The number of carbonyl (C=O) groups is 1. The van der Waals surface area contributed by atoms with E-state index in [1.165, 1.54) is 29.6 Å². The molecule has 3 rings (SSSR count). The molecular formula is C23H30FN3O6S. The molecule has 34 heavy (non-hydrogen) atoms. The first-order valence-electron chi connectivity index (χ1n) is 10.9. The second-order valence-corrected chi connectivity index (χ2v) is 10.1. The smallest absolute Gasteiger partial charge is 0.279 e. The van der Waals surface area contributed by atoms with Crippen molar-refractivity contribution in [3.63, 3.8) is 0 Å². The number of aromatic hydroxyl groups is 1. The minimum atomic E-state index is -3.81. The number of aliphatic hydroxyl groups excluding tert-OH is 1. The molecule has 0 bridgehead atoms. The van der Waals surface area contributed by atoms with Gasteiger partial charge < -0.3 is 20.3 Å². The van der Waals surface area contributed by atoms with Crippen molar-refractivity contribution >= 4 is 16.1 Å². The molecule has 1 amide bonds. The minimum Gasteiger partial charge on any atom is -0.507 e. The molecular weight excluding hydrogens is 465 g/mol. The van der Waals surface area contributed by atoms with E-state index in [2.05, 4.69) is 10.0 Å². The topological polar surface area (TPSA) is 128 Å². The number of hydrogen-bond acceptors (Lipinski definition) is 6. The van der Waals surface area contributed by atoms with Crippen LogP contribution in [0.2, 0.25) is 0 Å². The van der Waals surface area contributed by atoms with Gasteiger partial charge in [0.15, 0.2) is 0 Å². The van der Waals surface area contributed by atoms with Crippen LogP contribution in [-0.4, -0.2) is 68.2 Å². The van der Waals surface area contributed by atoms with Crippen LogP contribution in [0.5, 0.6) is 11.5 Å². The summed E-state index contributed by atoms with van der Waals surface area (Å²) in [6, 6.07) is 9.91. The third-order valence-electron chi connectivity index (χ3n) is 6.12. The number of nitrogens with zero attached hydrogens (tertiary/aromatic N) is 1. The van der Waals surface area contributed by atoms with E-state index >= 15 is 0 Å². The van der Waals surface area contributed by atoms with Crippen LogP contribution < -0.4 is 14.8 Å². The number of hydrogen-bond donors (Lipinski definition) is 4. The first-order valence-corrected chi connectivity index (χ1v) is 12.3. The summed E-state index contributed by atoms with van der Waals surface area (Å²) < 4.78 is 48.3. The number of piperidine rings is 1. The Kier molecular flexibility index (Phi) is 8.13. The third kappa shape index (κ3) is 5.66. The van der Waals surface area contributed by atoms with Crippen molar-refractivity contribution in [2.75, 3.05) is 33.4 Å². The molecule has 0 aliphatic carbocycles. The molecule has 1 fully saturated rings. The van der Waals surface area contributed by atoms with Crippen molar-refractivity contribution < 1.29 is 32.6 Å². The number of benzene rings is 2. The highest BCUT2D eigenvalue weighted by Gasteiger charge is 2.40. The molecule has 1 saturated heterocycles. The molecule has 0 radical (unpaired) electrons. The van der Waals surface area contributed by atoms with E-state index in [0.29, 0.717) is 18.4 Å². The standard InChI is InChI=1S/C23H30FN3O6S/c1-16(14-28)26-34(31,32)27-11-9-23(10-12-27,17-5-3-6-18(24)13-17)15-25-22(30)21-19(29)7-4-8-20(21)33-2/h3-8,13,16,26,28-29H,9-12,14-15H2,1-2H3,(H,25,30). The van der Waals surface area contributed by atoms with Crippen molar-refractivity contribution in [1.82, 2.24) is 14.3 Å². The predicted molar refractivity (Wildman–Crippen MR) is 124 cm³/mol. The van der Waals surface area contributed by atoms with Crippen molar-refractivity contribution in [3.8, 4) is 11.5 Å².